The fraction of sp³-hybridized carbons (Fsp3) is 0.550. The number of aromatic amines is 1. The zero-order chi connectivity index (χ0) is 16.8. The summed E-state index contributed by atoms with van der Waals surface area (Å²) in [5.74, 6) is 0. The van der Waals surface area contributed by atoms with Crippen LogP contribution in [0, 0.1) is 0 Å². The van der Waals surface area contributed by atoms with Gasteiger partial charge >= 0.3 is 0 Å². The van der Waals surface area contributed by atoms with E-state index in [0.29, 0.717) is 5.41 Å². The molecule has 2 aliphatic rings. The van der Waals surface area contributed by atoms with Crippen LogP contribution in [0.1, 0.15) is 50.6 Å². The Morgan fingerprint density at radius 2 is 1.92 bits per heavy atom. The molecule has 24 heavy (non-hydrogen) atoms. The van der Waals surface area contributed by atoms with Gasteiger partial charge in [-0.2, -0.15) is 5.10 Å². The second-order valence-electron chi connectivity index (χ2n) is 8.48. The third-order valence-corrected chi connectivity index (χ3v) is 5.72. The third kappa shape index (κ3) is 2.73. The van der Waals surface area contributed by atoms with Gasteiger partial charge in [-0.25, -0.2) is 0 Å². The van der Waals surface area contributed by atoms with Crippen molar-refractivity contribution >= 4 is 5.69 Å². The van der Waals surface area contributed by atoms with Crippen molar-refractivity contribution in [2.45, 2.75) is 51.0 Å². The molecule has 4 rings (SSSR count). The lowest BCUT2D eigenvalue weighted by Gasteiger charge is -2.39. The van der Waals surface area contributed by atoms with Crippen molar-refractivity contribution in [2.24, 2.45) is 0 Å². The van der Waals surface area contributed by atoms with E-state index in [1.807, 2.05) is 0 Å². The van der Waals surface area contributed by atoms with E-state index in [2.05, 4.69) is 71.5 Å². The number of hydrogen-bond acceptors (Lipinski definition) is 3. The lowest BCUT2D eigenvalue weighted by molar-refractivity contribution is 0.161. The van der Waals surface area contributed by atoms with Crippen molar-refractivity contribution in [1.82, 2.24) is 15.1 Å². The van der Waals surface area contributed by atoms with Crippen LogP contribution in [0.3, 0.4) is 0 Å². The molecule has 4 nitrogen and oxygen atoms in total. The number of nitrogens with one attached hydrogen (secondary N) is 2. The molecule has 128 valence electrons. The Morgan fingerprint density at radius 3 is 2.62 bits per heavy atom. The number of fused-ring (bicyclic) bond motifs is 2. The number of piperidine rings is 1. The second kappa shape index (κ2) is 5.62. The molecular weight excluding hydrogens is 296 g/mol. The van der Waals surface area contributed by atoms with E-state index in [4.69, 9.17) is 0 Å². The van der Waals surface area contributed by atoms with Gasteiger partial charge in [-0.15, -0.1) is 0 Å². The molecule has 2 N–H and O–H groups in total. The molecule has 2 aliphatic heterocycles. The highest BCUT2D eigenvalue weighted by atomic mass is 15.2. The van der Waals surface area contributed by atoms with Gasteiger partial charge in [0.2, 0.25) is 0 Å². The van der Waals surface area contributed by atoms with Gasteiger partial charge in [0.25, 0.3) is 0 Å². The number of H-pyrrole nitrogens is 1. The summed E-state index contributed by atoms with van der Waals surface area (Å²) in [6.45, 7) is 11.0. The molecule has 1 spiro atoms. The van der Waals surface area contributed by atoms with Crippen molar-refractivity contribution in [2.75, 3.05) is 25.0 Å². The minimum Gasteiger partial charge on any atom is -0.384 e. The van der Waals surface area contributed by atoms with Crippen LogP contribution in [0.2, 0.25) is 0 Å². The SMILES string of the molecule is CC(C)(C)c1cc(CN2CCC3(CC2)CNc2ccccc23)[nH]n1. The minimum absolute atomic E-state index is 0.111. The summed E-state index contributed by atoms with van der Waals surface area (Å²) in [7, 11) is 0. The van der Waals surface area contributed by atoms with Gasteiger partial charge in [-0.1, -0.05) is 39.0 Å². The van der Waals surface area contributed by atoms with Gasteiger partial charge in [-0.05, 0) is 43.6 Å². The number of aromatic nitrogens is 2. The molecule has 0 amide bonds. The van der Waals surface area contributed by atoms with Crippen molar-refractivity contribution in [3.05, 3.63) is 47.3 Å². The molecule has 0 aliphatic carbocycles. The van der Waals surface area contributed by atoms with Crippen LogP contribution in [-0.2, 0) is 17.4 Å². The van der Waals surface area contributed by atoms with Gasteiger partial charge in [0.15, 0.2) is 0 Å². The van der Waals surface area contributed by atoms with Crippen LogP contribution in [-0.4, -0.2) is 34.7 Å². The molecule has 4 heteroatoms. The maximum absolute atomic E-state index is 4.49. The summed E-state index contributed by atoms with van der Waals surface area (Å²) in [5.41, 5.74) is 5.72. The standard InChI is InChI=1S/C20H28N4/c1-19(2,3)18-12-15(22-23-18)13-24-10-8-20(9-11-24)14-21-17-7-5-4-6-16(17)20/h4-7,12,21H,8-11,13-14H2,1-3H3,(H,22,23). The topological polar surface area (TPSA) is 44.0 Å². The number of benzene rings is 1. The van der Waals surface area contributed by atoms with Crippen LogP contribution < -0.4 is 5.32 Å². The first-order valence-corrected chi connectivity index (χ1v) is 9.07. The van der Waals surface area contributed by atoms with Crippen LogP contribution in [0.15, 0.2) is 30.3 Å². The smallest absolute Gasteiger partial charge is 0.0678 e. The van der Waals surface area contributed by atoms with Crippen molar-refractivity contribution in [1.29, 1.82) is 0 Å². The Morgan fingerprint density at radius 1 is 1.17 bits per heavy atom. The summed E-state index contributed by atoms with van der Waals surface area (Å²) in [4.78, 5) is 2.56. The molecule has 0 saturated carbocycles. The van der Waals surface area contributed by atoms with E-state index in [1.54, 1.807) is 0 Å². The van der Waals surface area contributed by atoms with Crippen LogP contribution in [0.25, 0.3) is 0 Å². The minimum atomic E-state index is 0.111. The van der Waals surface area contributed by atoms with E-state index < -0.39 is 0 Å². The molecule has 0 bridgehead atoms. The molecule has 2 aromatic rings. The first kappa shape index (κ1) is 15.7. The molecule has 1 aromatic heterocycles. The first-order chi connectivity index (χ1) is 11.5. The number of para-hydroxylation sites is 1. The maximum Gasteiger partial charge on any atom is 0.0678 e. The summed E-state index contributed by atoms with van der Waals surface area (Å²) >= 11 is 0. The predicted molar refractivity (Wildman–Crippen MR) is 98.4 cm³/mol. The Kier molecular flexibility index (Phi) is 3.68. The Labute approximate surface area is 144 Å². The number of nitrogens with zero attached hydrogens (tertiary/aromatic N) is 2. The number of likely N-dealkylation sites (tertiary alicyclic amines) is 1. The summed E-state index contributed by atoms with van der Waals surface area (Å²) in [5, 5.41) is 11.3. The Bertz CT molecular complexity index is 717. The molecule has 3 heterocycles. The van der Waals surface area contributed by atoms with E-state index >= 15 is 0 Å². The van der Waals surface area contributed by atoms with Crippen LogP contribution in [0.4, 0.5) is 5.69 Å². The third-order valence-electron chi connectivity index (χ3n) is 5.72. The summed E-state index contributed by atoms with van der Waals surface area (Å²) < 4.78 is 0. The number of anilines is 1. The maximum atomic E-state index is 4.49. The van der Waals surface area contributed by atoms with Crippen LogP contribution in [0.5, 0.6) is 0 Å². The Balaban J connectivity index is 1.41. The highest BCUT2D eigenvalue weighted by molar-refractivity contribution is 5.60. The van der Waals surface area contributed by atoms with E-state index in [0.717, 1.165) is 31.9 Å². The molecule has 1 fully saturated rings. The van der Waals surface area contributed by atoms with Gasteiger partial charge in [0.1, 0.15) is 0 Å². The number of hydrogen-bond donors (Lipinski definition) is 2. The highest BCUT2D eigenvalue weighted by Gasteiger charge is 2.41. The summed E-state index contributed by atoms with van der Waals surface area (Å²) in [6.07, 6.45) is 2.47. The molecule has 0 radical (unpaired) electrons. The zero-order valence-corrected chi connectivity index (χ0v) is 15.0. The van der Waals surface area contributed by atoms with Crippen molar-refractivity contribution in [3.63, 3.8) is 0 Å². The molecular formula is C20H28N4. The fourth-order valence-electron chi connectivity index (χ4n) is 4.11. The molecule has 0 atom stereocenters. The van der Waals surface area contributed by atoms with E-state index in [9.17, 15) is 0 Å². The van der Waals surface area contributed by atoms with Crippen LogP contribution >= 0.6 is 0 Å². The number of rotatable bonds is 2. The lowest BCUT2D eigenvalue weighted by Crippen LogP contribution is -2.43. The largest absolute Gasteiger partial charge is 0.384 e. The average Bonchev–Trinajstić information content (AvgIpc) is 3.16. The van der Waals surface area contributed by atoms with Gasteiger partial charge in [0, 0.05) is 35.3 Å². The summed E-state index contributed by atoms with van der Waals surface area (Å²) in [6, 6.07) is 11.1. The molecule has 0 unspecified atom stereocenters. The first-order valence-electron chi connectivity index (χ1n) is 9.07. The van der Waals surface area contributed by atoms with E-state index in [-0.39, 0.29) is 5.41 Å². The quantitative estimate of drug-likeness (QED) is 0.886. The lowest BCUT2D eigenvalue weighted by atomic mass is 9.74. The molecule has 1 saturated heterocycles. The monoisotopic (exact) mass is 324 g/mol. The van der Waals surface area contributed by atoms with Gasteiger partial charge < -0.3 is 5.32 Å². The Hall–Kier alpha value is -1.81. The average molecular weight is 324 g/mol. The van der Waals surface area contributed by atoms with Gasteiger partial charge in [-0.3, -0.25) is 10.00 Å². The second-order valence-corrected chi connectivity index (χ2v) is 8.48. The highest BCUT2D eigenvalue weighted by Crippen LogP contribution is 2.43. The fourth-order valence-corrected chi connectivity index (χ4v) is 4.11. The van der Waals surface area contributed by atoms with Crippen molar-refractivity contribution in [3.8, 4) is 0 Å². The van der Waals surface area contributed by atoms with Gasteiger partial charge in [0.05, 0.1) is 5.69 Å². The zero-order valence-electron chi connectivity index (χ0n) is 15.0. The van der Waals surface area contributed by atoms with E-state index in [1.165, 1.54) is 29.8 Å². The molecule has 1 aromatic carbocycles. The normalized spacial score (nSPS) is 20.1. The predicted octanol–water partition coefficient (Wildman–Crippen LogP) is 3.67. The van der Waals surface area contributed by atoms with Crippen molar-refractivity contribution < 1.29 is 0 Å².